The van der Waals surface area contributed by atoms with Crippen molar-refractivity contribution < 1.29 is 9.13 Å². The number of aromatic nitrogens is 4. The van der Waals surface area contributed by atoms with Crippen molar-refractivity contribution in [1.82, 2.24) is 19.3 Å². The number of nitriles is 1. The van der Waals surface area contributed by atoms with Crippen LogP contribution in [0.3, 0.4) is 0 Å². The number of aryl methyl sites for hydroxylation is 1. The van der Waals surface area contributed by atoms with Gasteiger partial charge in [0.2, 0.25) is 0 Å². The van der Waals surface area contributed by atoms with E-state index in [1.165, 1.54) is 15.3 Å². The summed E-state index contributed by atoms with van der Waals surface area (Å²) in [5.41, 5.74) is 2.92. The highest BCUT2D eigenvalue weighted by Crippen LogP contribution is 2.30. The number of pyridine rings is 2. The van der Waals surface area contributed by atoms with Crippen LogP contribution in [-0.2, 0) is 12.5 Å². The smallest absolute Gasteiger partial charge is 0.290 e. The number of rotatable bonds is 9. The van der Waals surface area contributed by atoms with Gasteiger partial charge in [-0.05, 0) is 127 Å². The van der Waals surface area contributed by atoms with Crippen molar-refractivity contribution in [3.05, 3.63) is 141 Å². The second kappa shape index (κ2) is 16.5. The van der Waals surface area contributed by atoms with Crippen LogP contribution in [0.2, 0.25) is 0 Å². The fraction of sp³-hybridized carbons (Fsp3) is 0.283. The van der Waals surface area contributed by atoms with Crippen LogP contribution in [0.4, 0.5) is 15.9 Å². The summed E-state index contributed by atoms with van der Waals surface area (Å²) in [4.78, 5) is 31.0. The molecule has 10 heteroatoms. The molecule has 288 valence electrons. The molecule has 0 spiro atoms. The first-order chi connectivity index (χ1) is 26.1. The van der Waals surface area contributed by atoms with E-state index in [0.29, 0.717) is 39.5 Å². The molecule has 3 heterocycles. The maximum absolute atomic E-state index is 15.4. The van der Waals surface area contributed by atoms with Crippen LogP contribution in [-0.4, -0.2) is 24.9 Å². The zero-order valence-electron chi connectivity index (χ0n) is 33.8. The number of benzene rings is 2. The Morgan fingerprint density at radius 1 is 1.04 bits per heavy atom. The largest absolute Gasteiger partial charge is 0.487 e. The van der Waals surface area contributed by atoms with Gasteiger partial charge in [-0.15, -0.1) is 6.42 Å². The summed E-state index contributed by atoms with van der Waals surface area (Å²) in [6.07, 6.45) is 12.4. The van der Waals surface area contributed by atoms with Crippen LogP contribution < -0.4 is 21.2 Å². The summed E-state index contributed by atoms with van der Waals surface area (Å²) in [5, 5.41) is 16.8. The van der Waals surface area contributed by atoms with Crippen LogP contribution >= 0.6 is 0 Å². The third-order valence-corrected chi connectivity index (χ3v) is 9.30. The van der Waals surface area contributed by atoms with Gasteiger partial charge in [-0.3, -0.25) is 14.2 Å². The lowest BCUT2D eigenvalue weighted by molar-refractivity contribution is 0.130. The number of anilines is 2. The number of halogens is 1. The van der Waals surface area contributed by atoms with Gasteiger partial charge >= 0.3 is 0 Å². The van der Waals surface area contributed by atoms with E-state index in [1.807, 2.05) is 74.5 Å². The summed E-state index contributed by atoms with van der Waals surface area (Å²) in [6.45, 7) is 24.4. The average molecular weight is 753 g/mol. The minimum Gasteiger partial charge on any atom is -0.487 e. The second-order valence-electron chi connectivity index (χ2n) is 15.6. The fourth-order valence-corrected chi connectivity index (χ4v) is 5.57. The van der Waals surface area contributed by atoms with Crippen molar-refractivity contribution in [3.63, 3.8) is 0 Å². The molecule has 0 unspecified atom stereocenters. The Balaban J connectivity index is 0.000000501. The Hall–Kier alpha value is -6.52. The Morgan fingerprint density at radius 2 is 1.73 bits per heavy atom. The topological polar surface area (TPSA) is 115 Å². The van der Waals surface area contributed by atoms with Crippen LogP contribution in [0.5, 0.6) is 5.75 Å². The monoisotopic (exact) mass is 752 g/mol. The normalized spacial score (nSPS) is 11.8. The van der Waals surface area contributed by atoms with Crippen LogP contribution in [0, 0.1) is 41.8 Å². The summed E-state index contributed by atoms with van der Waals surface area (Å²) in [7, 11) is 1.57. The van der Waals surface area contributed by atoms with Crippen molar-refractivity contribution in [2.75, 3.05) is 5.32 Å². The number of allylic oxidation sites excluding steroid dienone is 4. The number of hydrogen-bond acceptors (Lipinski definition) is 7. The first-order valence-electron chi connectivity index (χ1n) is 18.0. The molecular formula is C46H49FN6O3. The van der Waals surface area contributed by atoms with Crippen molar-refractivity contribution >= 4 is 22.3 Å². The van der Waals surface area contributed by atoms with Crippen molar-refractivity contribution in [2.24, 2.45) is 12.5 Å². The predicted molar refractivity (Wildman–Crippen MR) is 225 cm³/mol. The van der Waals surface area contributed by atoms with E-state index in [9.17, 15) is 9.59 Å². The molecule has 0 bridgehead atoms. The summed E-state index contributed by atoms with van der Waals surface area (Å²) >= 11 is 0. The molecule has 0 atom stereocenters. The lowest BCUT2D eigenvalue weighted by Crippen LogP contribution is -2.23. The van der Waals surface area contributed by atoms with Gasteiger partial charge in [0.05, 0.1) is 39.9 Å². The van der Waals surface area contributed by atoms with Crippen molar-refractivity contribution in [1.29, 1.82) is 5.26 Å². The zero-order valence-corrected chi connectivity index (χ0v) is 33.8. The van der Waals surface area contributed by atoms with E-state index >= 15 is 4.39 Å². The standard InChI is InChI=1S/C35H34FN5O3.C11H15N/c1-9-35(6,7)23-17-22-15-16-41(33(43)31(22)26(36)18-23)29-12-10-11-25(21(29)2)27-19-28(32(42)40(8)39-27)38-30-14-13-24(20-37-30)44-34(3,4)5;1-6-9(2)7-10(3)11(4,5)8-12/h1,10-20H,2-8H3,(H,37,38);6-7H,1-2H2,3-5H3/b;10-7+. The lowest BCUT2D eigenvalue weighted by Gasteiger charge is -2.21. The number of hydrogen-bond donors (Lipinski definition) is 1. The van der Waals surface area contributed by atoms with Crippen LogP contribution in [0.25, 0.3) is 27.7 Å². The maximum atomic E-state index is 15.4. The van der Waals surface area contributed by atoms with Crippen molar-refractivity contribution in [2.45, 2.75) is 73.3 Å². The Labute approximate surface area is 328 Å². The summed E-state index contributed by atoms with van der Waals surface area (Å²) < 4.78 is 23.9. The molecule has 3 aromatic heterocycles. The summed E-state index contributed by atoms with van der Waals surface area (Å²) in [6, 6.07) is 17.6. The third kappa shape index (κ3) is 9.58. The SMILES string of the molecule is C#CC(C)(C)c1cc(F)c2c(=O)n(-c3cccc(-c4cc(Nc5ccc(OC(C)(C)C)cn5)c(=O)n(C)n4)c3C)ccc2c1.C=CC(=C)/C=C(\C)C(C)(C)C#N. The van der Waals surface area contributed by atoms with Gasteiger partial charge in [0.15, 0.2) is 0 Å². The molecule has 5 rings (SSSR count). The number of nitrogens with one attached hydrogen (secondary N) is 1. The van der Waals surface area contributed by atoms with Crippen LogP contribution in [0.15, 0.2) is 113 Å². The highest BCUT2D eigenvalue weighted by molar-refractivity contribution is 5.84. The van der Waals surface area contributed by atoms with Crippen molar-refractivity contribution in [3.8, 4) is 41.1 Å². The minimum atomic E-state index is -0.689. The van der Waals surface area contributed by atoms with E-state index in [1.54, 1.807) is 68.0 Å². The molecule has 0 aliphatic rings. The van der Waals surface area contributed by atoms with E-state index in [4.69, 9.17) is 16.4 Å². The molecule has 0 aliphatic carbocycles. The minimum absolute atomic E-state index is 0.0213. The van der Waals surface area contributed by atoms with Gasteiger partial charge in [-0.25, -0.2) is 14.1 Å². The second-order valence-corrected chi connectivity index (χ2v) is 15.6. The van der Waals surface area contributed by atoms with Gasteiger partial charge in [0.1, 0.15) is 28.7 Å². The Bertz CT molecular complexity index is 2550. The molecule has 0 radical (unpaired) electrons. The predicted octanol–water partition coefficient (Wildman–Crippen LogP) is 9.65. The fourth-order valence-electron chi connectivity index (χ4n) is 5.57. The maximum Gasteiger partial charge on any atom is 0.290 e. The van der Waals surface area contributed by atoms with Gasteiger partial charge < -0.3 is 10.1 Å². The third-order valence-electron chi connectivity index (χ3n) is 9.30. The number of ether oxygens (including phenoxy) is 1. The highest BCUT2D eigenvalue weighted by atomic mass is 19.1. The number of fused-ring (bicyclic) bond motifs is 1. The first-order valence-corrected chi connectivity index (χ1v) is 18.0. The average Bonchev–Trinajstić information content (AvgIpc) is 3.14. The highest BCUT2D eigenvalue weighted by Gasteiger charge is 2.22. The molecule has 5 aromatic rings. The Kier molecular flexibility index (Phi) is 12.4. The molecule has 0 saturated carbocycles. The van der Waals surface area contributed by atoms with E-state index in [2.05, 4.69) is 40.5 Å². The molecule has 56 heavy (non-hydrogen) atoms. The molecule has 2 aromatic carbocycles. The van der Waals surface area contributed by atoms with E-state index in [0.717, 1.165) is 16.7 Å². The molecular weight excluding hydrogens is 704 g/mol. The van der Waals surface area contributed by atoms with E-state index in [-0.39, 0.29) is 22.2 Å². The van der Waals surface area contributed by atoms with Gasteiger partial charge in [0, 0.05) is 18.8 Å². The molecule has 0 saturated heterocycles. The number of terminal acetylenes is 1. The van der Waals surface area contributed by atoms with Gasteiger partial charge in [0.25, 0.3) is 11.1 Å². The molecule has 1 N–H and O–H groups in total. The van der Waals surface area contributed by atoms with Gasteiger partial charge in [-0.2, -0.15) is 10.4 Å². The zero-order chi connectivity index (χ0) is 41.7. The molecule has 0 fully saturated rings. The number of nitrogens with zero attached hydrogens (tertiary/aromatic N) is 5. The molecule has 0 aliphatic heterocycles. The summed E-state index contributed by atoms with van der Waals surface area (Å²) in [5.74, 6) is 3.12. The quantitative estimate of drug-likeness (QED) is 0.118. The molecule has 9 nitrogen and oxygen atoms in total. The Morgan fingerprint density at radius 3 is 2.32 bits per heavy atom. The van der Waals surface area contributed by atoms with E-state index < -0.39 is 22.2 Å². The molecule has 0 amide bonds. The van der Waals surface area contributed by atoms with Gasteiger partial charge in [-0.1, -0.05) is 48.9 Å². The van der Waals surface area contributed by atoms with Crippen LogP contribution in [0.1, 0.15) is 66.5 Å². The lowest BCUT2D eigenvalue weighted by atomic mass is 9.84. The first kappa shape index (κ1) is 42.2.